The number of nitrogens with zero attached hydrogens (tertiary/aromatic N) is 4. The first-order valence-corrected chi connectivity index (χ1v) is 8.33. The molecular weight excluding hydrogens is 387 g/mol. The number of hydrogen-bond donors (Lipinski definition) is 1. The fourth-order valence-electron chi connectivity index (χ4n) is 2.47. The van der Waals surface area contributed by atoms with Gasteiger partial charge in [-0.15, -0.1) is 18.3 Å². The van der Waals surface area contributed by atoms with Crippen LogP contribution in [0.1, 0.15) is 16.2 Å². The van der Waals surface area contributed by atoms with E-state index in [1.54, 1.807) is 38.4 Å². The van der Waals surface area contributed by atoms with Gasteiger partial charge in [-0.25, -0.2) is 9.67 Å². The van der Waals surface area contributed by atoms with E-state index < -0.39 is 6.36 Å². The summed E-state index contributed by atoms with van der Waals surface area (Å²) < 4.78 is 42.3. The van der Waals surface area contributed by atoms with E-state index in [-0.39, 0.29) is 17.4 Å². The summed E-state index contributed by atoms with van der Waals surface area (Å²) in [6.45, 7) is 0. The smallest absolute Gasteiger partial charge is 0.406 e. The topological polar surface area (TPSA) is 84.1 Å². The summed E-state index contributed by atoms with van der Waals surface area (Å²) in [6, 6.07) is 11.7. The number of halogens is 3. The normalized spacial score (nSPS) is 11.2. The number of rotatable bonds is 5. The van der Waals surface area contributed by atoms with Crippen LogP contribution in [0.4, 0.5) is 13.2 Å². The Morgan fingerprint density at radius 3 is 2.24 bits per heavy atom. The first kappa shape index (κ1) is 20.1. The Balaban J connectivity index is 2.03. The third kappa shape index (κ3) is 4.60. The van der Waals surface area contributed by atoms with Gasteiger partial charge in [-0.1, -0.05) is 24.3 Å². The maximum atomic E-state index is 12.4. The van der Waals surface area contributed by atoms with Crippen molar-refractivity contribution in [3.63, 3.8) is 0 Å². The molecule has 7 nitrogen and oxygen atoms in total. The molecule has 3 aromatic rings. The lowest BCUT2D eigenvalue weighted by molar-refractivity contribution is -0.274. The summed E-state index contributed by atoms with van der Waals surface area (Å²) in [7, 11) is 3.33. The fraction of sp³-hybridized carbons (Fsp3) is 0.158. The lowest BCUT2D eigenvalue weighted by Gasteiger charge is -2.14. The van der Waals surface area contributed by atoms with Crippen LogP contribution in [0, 0.1) is 5.41 Å². The molecule has 10 heteroatoms. The number of benzene rings is 2. The van der Waals surface area contributed by atoms with Crippen molar-refractivity contribution in [1.82, 2.24) is 19.7 Å². The second-order valence-corrected chi connectivity index (χ2v) is 6.20. The Labute approximate surface area is 163 Å². The molecule has 0 fully saturated rings. The average Bonchev–Trinajstić information content (AvgIpc) is 3.12. The number of ether oxygens (including phenoxy) is 1. The first-order chi connectivity index (χ1) is 13.7. The van der Waals surface area contributed by atoms with E-state index in [4.69, 9.17) is 5.41 Å². The van der Waals surface area contributed by atoms with E-state index in [0.29, 0.717) is 28.9 Å². The molecule has 0 saturated heterocycles. The van der Waals surface area contributed by atoms with Crippen LogP contribution in [-0.4, -0.2) is 52.2 Å². The predicted molar refractivity (Wildman–Crippen MR) is 99.4 cm³/mol. The molecule has 0 radical (unpaired) electrons. The van der Waals surface area contributed by atoms with Gasteiger partial charge in [0, 0.05) is 25.2 Å². The van der Waals surface area contributed by atoms with Crippen LogP contribution in [-0.2, 0) is 0 Å². The van der Waals surface area contributed by atoms with E-state index in [2.05, 4.69) is 14.8 Å². The lowest BCUT2D eigenvalue weighted by atomic mass is 10.1. The molecule has 2 aromatic carbocycles. The van der Waals surface area contributed by atoms with Crippen LogP contribution >= 0.6 is 0 Å². The number of alkyl halides is 3. The third-order valence-corrected chi connectivity index (χ3v) is 3.89. The minimum atomic E-state index is -4.78. The Morgan fingerprint density at radius 2 is 1.72 bits per heavy atom. The molecule has 1 heterocycles. The number of aldehydes is 1. The summed E-state index contributed by atoms with van der Waals surface area (Å²) in [4.78, 5) is 16.8. The number of carbonyl (C=O) groups is 1. The van der Waals surface area contributed by atoms with Crippen molar-refractivity contribution in [3.05, 3.63) is 59.9 Å². The second-order valence-electron chi connectivity index (χ2n) is 6.20. The number of hydrogen-bond acceptors (Lipinski definition) is 5. The Bertz CT molecular complexity index is 1030. The van der Waals surface area contributed by atoms with Crippen LogP contribution in [0.2, 0.25) is 0 Å². The van der Waals surface area contributed by atoms with Gasteiger partial charge in [-0.2, -0.15) is 0 Å². The second kappa shape index (κ2) is 7.74. The fourth-order valence-corrected chi connectivity index (χ4v) is 2.47. The lowest BCUT2D eigenvalue weighted by Crippen LogP contribution is -2.25. The van der Waals surface area contributed by atoms with Crippen LogP contribution in [0.5, 0.6) is 5.75 Å². The molecule has 1 N–H and O–H groups in total. The minimum absolute atomic E-state index is 0.0591. The minimum Gasteiger partial charge on any atom is -0.406 e. The van der Waals surface area contributed by atoms with Crippen molar-refractivity contribution in [2.24, 2.45) is 0 Å². The molecule has 0 amide bonds. The average molecular weight is 403 g/mol. The highest BCUT2D eigenvalue weighted by molar-refractivity contribution is 5.93. The van der Waals surface area contributed by atoms with Gasteiger partial charge >= 0.3 is 6.36 Å². The van der Waals surface area contributed by atoms with Crippen LogP contribution in [0.25, 0.3) is 17.1 Å². The largest absolute Gasteiger partial charge is 0.573 e. The van der Waals surface area contributed by atoms with E-state index in [1.807, 2.05) is 0 Å². The SMILES string of the molecule is CN(C)C(=N)c1nc(-c2ccc(C=O)cc2)nn1-c1ccc(OC(F)(F)F)cc1. The molecule has 1 aromatic heterocycles. The number of amidine groups is 1. The monoisotopic (exact) mass is 403 g/mol. The van der Waals surface area contributed by atoms with E-state index in [0.717, 1.165) is 12.1 Å². The summed E-state index contributed by atoms with van der Waals surface area (Å²) >= 11 is 0. The molecule has 29 heavy (non-hydrogen) atoms. The van der Waals surface area contributed by atoms with Crippen LogP contribution in [0.15, 0.2) is 48.5 Å². The first-order valence-electron chi connectivity index (χ1n) is 8.33. The Morgan fingerprint density at radius 1 is 1.10 bits per heavy atom. The van der Waals surface area contributed by atoms with Gasteiger partial charge in [0.1, 0.15) is 12.0 Å². The van der Waals surface area contributed by atoms with E-state index in [1.165, 1.54) is 21.7 Å². The highest BCUT2D eigenvalue weighted by atomic mass is 19.4. The molecule has 150 valence electrons. The summed E-state index contributed by atoms with van der Waals surface area (Å²) in [5, 5.41) is 12.7. The number of aromatic nitrogens is 3. The van der Waals surface area contributed by atoms with Crippen molar-refractivity contribution in [2.75, 3.05) is 14.1 Å². The van der Waals surface area contributed by atoms with Crippen LogP contribution in [0.3, 0.4) is 0 Å². The maximum absolute atomic E-state index is 12.4. The molecule has 0 spiro atoms. The van der Waals surface area contributed by atoms with Gasteiger partial charge < -0.3 is 9.64 Å². The standard InChI is InChI=1S/C19H16F3N5O2/c1-26(2)16(23)18-24-17(13-5-3-12(11-28)4-6-13)25-27(18)14-7-9-15(10-8-14)29-19(20,21)22/h3-11,23H,1-2H3. The Hall–Kier alpha value is -3.69. The summed E-state index contributed by atoms with van der Waals surface area (Å²) in [5.74, 6) is 0.202. The highest BCUT2D eigenvalue weighted by Gasteiger charge is 2.31. The number of nitrogens with one attached hydrogen (secondary N) is 1. The molecular formula is C19H16F3N5O2. The van der Waals surface area contributed by atoms with Crippen molar-refractivity contribution < 1.29 is 22.7 Å². The zero-order chi connectivity index (χ0) is 21.2. The molecule has 0 bridgehead atoms. The molecule has 0 aliphatic heterocycles. The molecule has 0 saturated carbocycles. The van der Waals surface area contributed by atoms with Crippen molar-refractivity contribution in [3.8, 4) is 22.8 Å². The molecule has 0 aliphatic carbocycles. The van der Waals surface area contributed by atoms with Gasteiger partial charge in [0.05, 0.1) is 5.69 Å². The highest BCUT2D eigenvalue weighted by Crippen LogP contribution is 2.25. The van der Waals surface area contributed by atoms with Crippen molar-refractivity contribution in [2.45, 2.75) is 6.36 Å². The quantitative estimate of drug-likeness (QED) is 0.400. The summed E-state index contributed by atoms with van der Waals surface area (Å²) in [5.41, 5.74) is 1.53. The Kier molecular flexibility index (Phi) is 5.35. The van der Waals surface area contributed by atoms with Crippen molar-refractivity contribution in [1.29, 1.82) is 5.41 Å². The van der Waals surface area contributed by atoms with E-state index in [9.17, 15) is 18.0 Å². The predicted octanol–water partition coefficient (Wildman–Crippen LogP) is 3.53. The zero-order valence-corrected chi connectivity index (χ0v) is 15.4. The molecule has 0 unspecified atom stereocenters. The van der Waals surface area contributed by atoms with Gasteiger partial charge in [-0.3, -0.25) is 10.2 Å². The van der Waals surface area contributed by atoms with E-state index >= 15 is 0 Å². The van der Waals surface area contributed by atoms with Gasteiger partial charge in [-0.05, 0) is 24.3 Å². The van der Waals surface area contributed by atoms with Crippen LogP contribution < -0.4 is 4.74 Å². The van der Waals surface area contributed by atoms with Gasteiger partial charge in [0.2, 0.25) is 0 Å². The number of carbonyl (C=O) groups excluding carboxylic acids is 1. The van der Waals surface area contributed by atoms with Crippen molar-refractivity contribution >= 4 is 12.1 Å². The molecule has 0 atom stereocenters. The zero-order valence-electron chi connectivity index (χ0n) is 15.4. The van der Waals surface area contributed by atoms with Gasteiger partial charge in [0.15, 0.2) is 17.5 Å². The summed E-state index contributed by atoms with van der Waals surface area (Å²) in [6.07, 6.45) is -4.07. The molecule has 0 aliphatic rings. The molecule has 3 rings (SSSR count). The maximum Gasteiger partial charge on any atom is 0.573 e. The third-order valence-electron chi connectivity index (χ3n) is 3.89. The van der Waals surface area contributed by atoms with Gasteiger partial charge in [0.25, 0.3) is 0 Å².